The number of nitrogen functional groups attached to an aromatic ring is 2. The number of carbonyl (C=O) groups is 1. The third-order valence-electron chi connectivity index (χ3n) is 4.91. The van der Waals surface area contributed by atoms with Crippen LogP contribution in [0.3, 0.4) is 0 Å². The van der Waals surface area contributed by atoms with Crippen molar-refractivity contribution in [2.24, 2.45) is 0 Å². The minimum atomic E-state index is -0.834. The van der Waals surface area contributed by atoms with Gasteiger partial charge in [-0.1, -0.05) is 18.2 Å². The number of nitriles is 1. The molecule has 0 saturated carbocycles. The van der Waals surface area contributed by atoms with Crippen LogP contribution in [0.5, 0.6) is 0 Å². The molecule has 5 aromatic rings. The summed E-state index contributed by atoms with van der Waals surface area (Å²) in [7, 11) is 0. The van der Waals surface area contributed by atoms with Crippen molar-refractivity contribution in [3.8, 4) is 22.9 Å². The number of aromatic amines is 1. The van der Waals surface area contributed by atoms with Gasteiger partial charge in [-0.05, 0) is 32.3 Å². The number of aromatic nitrogens is 3. The molecule has 32 heavy (non-hydrogen) atoms. The molecule has 5 rings (SSSR count). The van der Waals surface area contributed by atoms with Gasteiger partial charge in [-0.15, -0.1) is 11.3 Å². The molecule has 1 aromatic carbocycles. The first-order valence-electron chi connectivity index (χ1n) is 9.19. The highest BCUT2D eigenvalue weighted by Crippen LogP contribution is 2.43. The molecule has 0 aliphatic rings. The minimum Gasteiger partial charge on any atom is -0.397 e. The van der Waals surface area contributed by atoms with Gasteiger partial charge in [0.15, 0.2) is 0 Å². The topological polar surface area (TPSA) is 156 Å². The zero-order valence-corrected chi connectivity index (χ0v) is 17.8. The number of ketones is 1. The van der Waals surface area contributed by atoms with Gasteiger partial charge in [0.05, 0.1) is 5.69 Å². The molecular weight excluding hydrogens is 448 g/mol. The maximum Gasteiger partial charge on any atom is 0.439 e. The smallest absolute Gasteiger partial charge is 0.397 e. The number of rotatable bonds is 4. The molecule has 0 fully saturated rings. The summed E-state index contributed by atoms with van der Waals surface area (Å²) in [4.78, 5) is 30.7. The summed E-state index contributed by atoms with van der Waals surface area (Å²) in [6, 6.07) is 12.7. The summed E-state index contributed by atoms with van der Waals surface area (Å²) in [6.07, 6.45) is 0. The number of nitrogens with one attached hydrogen (secondary N) is 1. The van der Waals surface area contributed by atoms with Crippen LogP contribution in [0.4, 0.5) is 11.5 Å². The molecule has 0 saturated heterocycles. The van der Waals surface area contributed by atoms with Gasteiger partial charge in [0.25, 0.3) is 5.78 Å². The average Bonchev–Trinajstić information content (AvgIpc) is 3.53. The largest absolute Gasteiger partial charge is 0.439 e. The molecule has 0 unspecified atom stereocenters. The van der Waals surface area contributed by atoms with Crippen LogP contribution in [-0.4, -0.2) is 16.0 Å². The summed E-state index contributed by atoms with van der Waals surface area (Å²) in [5.41, 5.74) is 13.5. The fourth-order valence-corrected chi connectivity index (χ4v) is 5.18. The second-order valence-electron chi connectivity index (χ2n) is 6.73. The molecule has 4 aromatic heterocycles. The molecule has 0 aliphatic heterocycles. The van der Waals surface area contributed by atoms with Crippen LogP contribution in [0, 0.1) is 11.3 Å². The molecular formula is C21H13N6O3S2+. The van der Waals surface area contributed by atoms with Gasteiger partial charge in [0.1, 0.15) is 27.2 Å². The number of anilines is 2. The van der Waals surface area contributed by atoms with Crippen molar-refractivity contribution in [1.29, 1.82) is 5.26 Å². The van der Waals surface area contributed by atoms with Gasteiger partial charge in [0.2, 0.25) is 5.69 Å². The Balaban J connectivity index is 1.77. The van der Waals surface area contributed by atoms with Crippen LogP contribution in [0.15, 0.2) is 56.5 Å². The van der Waals surface area contributed by atoms with E-state index in [1.807, 2.05) is 22.9 Å². The van der Waals surface area contributed by atoms with Gasteiger partial charge in [-0.2, -0.15) is 16.6 Å². The van der Waals surface area contributed by atoms with E-state index in [0.29, 0.717) is 21.5 Å². The Morgan fingerprint density at radius 3 is 2.69 bits per heavy atom. The second-order valence-corrected chi connectivity index (χ2v) is 8.50. The molecule has 0 atom stereocenters. The lowest BCUT2D eigenvalue weighted by molar-refractivity contribution is -0.672. The SMILES string of the molecule is N#Cc1c(N)nc2sc(C(=O)c3c(=O)o[nH][n+]3-c3ccccc3)c(N)c2c1-c1ccsc1. The molecule has 4 heterocycles. The molecule has 5 N–H and O–H groups in total. The van der Waals surface area contributed by atoms with Gasteiger partial charge < -0.3 is 11.5 Å². The maximum atomic E-state index is 13.5. The number of hydrogen-bond acceptors (Lipinski definition) is 9. The van der Waals surface area contributed by atoms with E-state index in [-0.39, 0.29) is 27.6 Å². The summed E-state index contributed by atoms with van der Waals surface area (Å²) in [6.45, 7) is 0. The molecule has 156 valence electrons. The number of hydrogen-bond donors (Lipinski definition) is 3. The first-order chi connectivity index (χ1) is 15.5. The highest BCUT2D eigenvalue weighted by Gasteiger charge is 2.35. The van der Waals surface area contributed by atoms with Crippen molar-refractivity contribution in [1.82, 2.24) is 10.3 Å². The normalized spacial score (nSPS) is 11.0. The lowest BCUT2D eigenvalue weighted by Gasteiger charge is -2.07. The van der Waals surface area contributed by atoms with E-state index >= 15 is 0 Å². The fourth-order valence-electron chi connectivity index (χ4n) is 3.48. The Kier molecular flexibility index (Phi) is 4.58. The van der Waals surface area contributed by atoms with Gasteiger partial charge in [0, 0.05) is 23.1 Å². The number of benzene rings is 1. The van der Waals surface area contributed by atoms with Gasteiger partial charge in [-0.3, -0.25) is 9.32 Å². The third-order valence-corrected chi connectivity index (χ3v) is 6.69. The number of pyridine rings is 1. The fraction of sp³-hybridized carbons (Fsp3) is 0. The first kappa shape index (κ1) is 19.7. The number of nitrogens with zero attached hydrogens (tertiary/aromatic N) is 3. The predicted molar refractivity (Wildman–Crippen MR) is 121 cm³/mol. The van der Waals surface area contributed by atoms with E-state index in [2.05, 4.69) is 16.3 Å². The molecule has 0 bridgehead atoms. The van der Waals surface area contributed by atoms with E-state index in [9.17, 15) is 14.9 Å². The van der Waals surface area contributed by atoms with E-state index < -0.39 is 11.4 Å². The lowest BCUT2D eigenvalue weighted by Crippen LogP contribution is -2.41. The van der Waals surface area contributed by atoms with E-state index in [4.69, 9.17) is 16.0 Å². The summed E-state index contributed by atoms with van der Waals surface area (Å²) in [5, 5.41) is 16.3. The second kappa shape index (κ2) is 7.45. The predicted octanol–water partition coefficient (Wildman–Crippen LogP) is 2.85. The summed E-state index contributed by atoms with van der Waals surface area (Å²) < 4.78 is 6.15. The number of carbonyl (C=O) groups excluding carboxylic acids is 1. The molecule has 0 spiro atoms. The van der Waals surface area contributed by atoms with Crippen molar-refractivity contribution in [3.63, 3.8) is 0 Å². The highest BCUT2D eigenvalue weighted by atomic mass is 32.1. The molecule has 9 nitrogen and oxygen atoms in total. The summed E-state index contributed by atoms with van der Waals surface area (Å²) >= 11 is 2.46. The molecule has 11 heteroatoms. The minimum absolute atomic E-state index is 0.0435. The number of fused-ring (bicyclic) bond motifs is 1. The van der Waals surface area contributed by atoms with Crippen molar-refractivity contribution < 1.29 is 14.0 Å². The zero-order valence-electron chi connectivity index (χ0n) is 16.2. The van der Waals surface area contributed by atoms with Crippen molar-refractivity contribution >= 4 is 50.2 Å². The van der Waals surface area contributed by atoms with E-state index in [1.54, 1.807) is 24.3 Å². The van der Waals surface area contributed by atoms with Gasteiger partial charge >= 0.3 is 11.3 Å². The Morgan fingerprint density at radius 2 is 2.00 bits per heavy atom. The van der Waals surface area contributed by atoms with E-state index in [1.165, 1.54) is 16.0 Å². The van der Waals surface area contributed by atoms with Crippen LogP contribution in [0.25, 0.3) is 27.0 Å². The Morgan fingerprint density at radius 1 is 1.22 bits per heavy atom. The molecule has 0 amide bonds. The van der Waals surface area contributed by atoms with Crippen LogP contribution in [0.1, 0.15) is 20.9 Å². The molecule has 0 radical (unpaired) electrons. The summed E-state index contributed by atoms with van der Waals surface area (Å²) in [5.74, 6) is -0.584. The Bertz CT molecular complexity index is 1590. The lowest BCUT2D eigenvalue weighted by atomic mass is 9.99. The Labute approximate surface area is 187 Å². The number of thiophene rings is 2. The zero-order chi connectivity index (χ0) is 22.4. The van der Waals surface area contributed by atoms with Crippen molar-refractivity contribution in [2.45, 2.75) is 0 Å². The monoisotopic (exact) mass is 461 g/mol. The third kappa shape index (κ3) is 2.89. The van der Waals surface area contributed by atoms with Gasteiger partial charge in [-0.25, -0.2) is 9.78 Å². The molecule has 0 aliphatic carbocycles. The first-order valence-corrected chi connectivity index (χ1v) is 10.9. The Hall–Kier alpha value is -4.27. The van der Waals surface area contributed by atoms with Crippen molar-refractivity contribution in [3.05, 3.63) is 73.7 Å². The highest BCUT2D eigenvalue weighted by molar-refractivity contribution is 7.21. The van der Waals surface area contributed by atoms with E-state index in [0.717, 1.165) is 16.9 Å². The van der Waals surface area contributed by atoms with Crippen LogP contribution >= 0.6 is 22.7 Å². The number of H-pyrrole nitrogens is 1. The van der Waals surface area contributed by atoms with Crippen molar-refractivity contribution in [2.75, 3.05) is 11.5 Å². The standard InChI is InChI=1S/C21H12N6O3S2/c22-8-12-13(10-6-7-31-9-10)14-15(23)18(32-20(14)25-19(12)24)17(28)16-21(29)30-26-27(16)11-4-2-1-3-5-11/h1-7,9H,(H4-,23,24,25,26,28,29)/p+1. The number of nitrogens with two attached hydrogens (primary N) is 2. The average molecular weight is 462 g/mol. The van der Waals surface area contributed by atoms with Crippen LogP contribution in [0.2, 0.25) is 0 Å². The number of para-hydroxylation sites is 1. The maximum absolute atomic E-state index is 13.5. The van der Waals surface area contributed by atoms with Crippen LogP contribution in [-0.2, 0) is 0 Å². The van der Waals surface area contributed by atoms with Crippen LogP contribution < -0.4 is 21.8 Å². The quantitative estimate of drug-likeness (QED) is 0.274.